The van der Waals surface area contributed by atoms with Crippen molar-refractivity contribution in [2.24, 2.45) is 11.8 Å². The first-order valence-corrected chi connectivity index (χ1v) is 8.09. The number of fused-ring (bicyclic) bond motifs is 1. The van der Waals surface area contributed by atoms with Gasteiger partial charge in [-0.2, -0.15) is 0 Å². The Morgan fingerprint density at radius 1 is 1.14 bits per heavy atom. The predicted molar refractivity (Wildman–Crippen MR) is 88.8 cm³/mol. The third-order valence-electron chi connectivity index (χ3n) is 4.36. The van der Waals surface area contributed by atoms with E-state index < -0.39 is 0 Å². The van der Waals surface area contributed by atoms with Crippen LogP contribution in [0.15, 0.2) is 42.5 Å². The van der Waals surface area contributed by atoms with Gasteiger partial charge in [-0.15, -0.1) is 0 Å². The van der Waals surface area contributed by atoms with E-state index >= 15 is 0 Å². The van der Waals surface area contributed by atoms with Crippen molar-refractivity contribution in [2.75, 3.05) is 13.1 Å². The standard InChI is InChI=1S/C19H25NO/c1-14(2)12-19(16-10-11-20-13-16)21-18-9-5-7-15-6-3-4-8-17(15)18/h3-9,14,16,19-20H,10-13H2,1-2H3/t16-,19-/m0/s1. The first kappa shape index (κ1) is 14.4. The molecule has 1 aliphatic heterocycles. The molecule has 0 amide bonds. The van der Waals surface area contributed by atoms with E-state index in [1.165, 1.54) is 17.2 Å². The van der Waals surface area contributed by atoms with E-state index in [1.54, 1.807) is 0 Å². The molecular formula is C19H25NO. The van der Waals surface area contributed by atoms with Gasteiger partial charge < -0.3 is 10.1 Å². The molecule has 1 N–H and O–H groups in total. The minimum absolute atomic E-state index is 0.311. The summed E-state index contributed by atoms with van der Waals surface area (Å²) in [7, 11) is 0. The van der Waals surface area contributed by atoms with Gasteiger partial charge in [-0.3, -0.25) is 0 Å². The molecule has 0 saturated carbocycles. The van der Waals surface area contributed by atoms with Crippen LogP contribution in [0.2, 0.25) is 0 Å². The van der Waals surface area contributed by atoms with E-state index in [2.05, 4.69) is 61.6 Å². The Balaban J connectivity index is 1.86. The summed E-state index contributed by atoms with van der Waals surface area (Å²) in [6, 6.07) is 14.8. The van der Waals surface area contributed by atoms with E-state index in [-0.39, 0.29) is 0 Å². The molecule has 2 atom stereocenters. The van der Waals surface area contributed by atoms with Gasteiger partial charge in [0.25, 0.3) is 0 Å². The number of hydrogen-bond acceptors (Lipinski definition) is 2. The average molecular weight is 283 g/mol. The Kier molecular flexibility index (Phi) is 4.45. The van der Waals surface area contributed by atoms with Gasteiger partial charge in [-0.1, -0.05) is 50.2 Å². The van der Waals surface area contributed by atoms with Crippen LogP contribution in [0.3, 0.4) is 0 Å². The van der Waals surface area contributed by atoms with Gasteiger partial charge in [-0.25, -0.2) is 0 Å². The van der Waals surface area contributed by atoms with E-state index in [0.29, 0.717) is 17.9 Å². The molecule has 21 heavy (non-hydrogen) atoms. The summed E-state index contributed by atoms with van der Waals surface area (Å²) in [5.74, 6) is 2.32. The van der Waals surface area contributed by atoms with Crippen molar-refractivity contribution in [3.63, 3.8) is 0 Å². The molecule has 2 aromatic rings. The van der Waals surface area contributed by atoms with E-state index in [9.17, 15) is 0 Å². The SMILES string of the molecule is CC(C)C[C@H](Oc1cccc2ccccc12)[C@H]1CCNC1. The normalized spacial score (nSPS) is 20.0. The van der Waals surface area contributed by atoms with Crippen LogP contribution in [0, 0.1) is 11.8 Å². The third kappa shape index (κ3) is 3.38. The zero-order valence-corrected chi connectivity index (χ0v) is 13.0. The van der Waals surface area contributed by atoms with Crippen LogP contribution in [-0.4, -0.2) is 19.2 Å². The fourth-order valence-electron chi connectivity index (χ4n) is 3.26. The quantitative estimate of drug-likeness (QED) is 0.886. The minimum Gasteiger partial charge on any atom is -0.489 e. The van der Waals surface area contributed by atoms with Gasteiger partial charge in [0.05, 0.1) is 0 Å². The highest BCUT2D eigenvalue weighted by Gasteiger charge is 2.27. The largest absolute Gasteiger partial charge is 0.489 e. The van der Waals surface area contributed by atoms with Crippen molar-refractivity contribution in [2.45, 2.75) is 32.8 Å². The molecule has 0 spiro atoms. The first-order chi connectivity index (χ1) is 10.2. The predicted octanol–water partition coefficient (Wildman–Crippen LogP) is 4.24. The Labute approximate surface area is 127 Å². The van der Waals surface area contributed by atoms with Gasteiger partial charge in [-0.05, 0) is 36.8 Å². The molecule has 0 aliphatic carbocycles. The third-order valence-corrected chi connectivity index (χ3v) is 4.36. The van der Waals surface area contributed by atoms with Crippen molar-refractivity contribution >= 4 is 10.8 Å². The molecule has 0 unspecified atom stereocenters. The fraction of sp³-hybridized carbons (Fsp3) is 0.474. The maximum Gasteiger partial charge on any atom is 0.127 e. The Bertz CT molecular complexity index is 582. The number of hydrogen-bond donors (Lipinski definition) is 1. The van der Waals surface area contributed by atoms with Crippen LogP contribution in [0.1, 0.15) is 26.7 Å². The number of rotatable bonds is 5. The molecule has 2 nitrogen and oxygen atoms in total. The second kappa shape index (κ2) is 6.48. The molecule has 2 aromatic carbocycles. The first-order valence-electron chi connectivity index (χ1n) is 8.09. The molecule has 1 fully saturated rings. The lowest BCUT2D eigenvalue weighted by molar-refractivity contribution is 0.121. The molecule has 1 saturated heterocycles. The molecule has 1 heterocycles. The van der Waals surface area contributed by atoms with Gasteiger partial charge in [0.2, 0.25) is 0 Å². The molecule has 1 aliphatic rings. The summed E-state index contributed by atoms with van der Waals surface area (Å²) in [5.41, 5.74) is 0. The molecule has 0 aromatic heterocycles. The molecular weight excluding hydrogens is 258 g/mol. The van der Waals surface area contributed by atoms with E-state index in [4.69, 9.17) is 4.74 Å². The van der Waals surface area contributed by atoms with Crippen molar-refractivity contribution in [1.29, 1.82) is 0 Å². The maximum atomic E-state index is 6.48. The second-order valence-corrected chi connectivity index (χ2v) is 6.52. The van der Waals surface area contributed by atoms with Crippen LogP contribution < -0.4 is 10.1 Å². The number of benzene rings is 2. The molecule has 0 bridgehead atoms. The van der Waals surface area contributed by atoms with Crippen molar-refractivity contribution in [3.05, 3.63) is 42.5 Å². The number of ether oxygens (including phenoxy) is 1. The average Bonchev–Trinajstić information content (AvgIpc) is 3.01. The summed E-state index contributed by atoms with van der Waals surface area (Å²) in [4.78, 5) is 0. The highest BCUT2D eigenvalue weighted by molar-refractivity contribution is 5.88. The van der Waals surface area contributed by atoms with Crippen LogP contribution in [0.25, 0.3) is 10.8 Å². The Hall–Kier alpha value is -1.54. The van der Waals surface area contributed by atoms with Gasteiger partial charge >= 0.3 is 0 Å². The summed E-state index contributed by atoms with van der Waals surface area (Å²) < 4.78 is 6.48. The fourth-order valence-corrected chi connectivity index (χ4v) is 3.26. The Morgan fingerprint density at radius 2 is 1.95 bits per heavy atom. The molecule has 112 valence electrons. The maximum absolute atomic E-state index is 6.48. The molecule has 2 heteroatoms. The van der Waals surface area contributed by atoms with E-state index in [0.717, 1.165) is 25.3 Å². The van der Waals surface area contributed by atoms with Crippen molar-refractivity contribution in [1.82, 2.24) is 5.32 Å². The minimum atomic E-state index is 0.311. The van der Waals surface area contributed by atoms with Crippen LogP contribution >= 0.6 is 0 Å². The van der Waals surface area contributed by atoms with Crippen LogP contribution in [0.4, 0.5) is 0 Å². The van der Waals surface area contributed by atoms with Crippen molar-refractivity contribution < 1.29 is 4.74 Å². The molecule has 3 rings (SSSR count). The second-order valence-electron chi connectivity index (χ2n) is 6.52. The van der Waals surface area contributed by atoms with Crippen molar-refractivity contribution in [3.8, 4) is 5.75 Å². The lowest BCUT2D eigenvalue weighted by Crippen LogP contribution is -2.30. The summed E-state index contributed by atoms with van der Waals surface area (Å²) >= 11 is 0. The zero-order chi connectivity index (χ0) is 14.7. The highest BCUT2D eigenvalue weighted by atomic mass is 16.5. The summed E-state index contributed by atoms with van der Waals surface area (Å²) in [5, 5.41) is 5.94. The smallest absolute Gasteiger partial charge is 0.127 e. The summed E-state index contributed by atoms with van der Waals surface area (Å²) in [6.45, 7) is 6.77. The Morgan fingerprint density at radius 3 is 2.71 bits per heavy atom. The van der Waals surface area contributed by atoms with Gasteiger partial charge in [0.1, 0.15) is 11.9 Å². The van der Waals surface area contributed by atoms with E-state index in [1.807, 2.05) is 0 Å². The van der Waals surface area contributed by atoms with Crippen LogP contribution in [-0.2, 0) is 0 Å². The lowest BCUT2D eigenvalue weighted by Gasteiger charge is -2.26. The monoisotopic (exact) mass is 283 g/mol. The van der Waals surface area contributed by atoms with Gasteiger partial charge in [0.15, 0.2) is 0 Å². The lowest BCUT2D eigenvalue weighted by atomic mass is 9.93. The highest BCUT2D eigenvalue weighted by Crippen LogP contribution is 2.30. The van der Waals surface area contributed by atoms with Crippen LogP contribution in [0.5, 0.6) is 5.75 Å². The molecule has 0 radical (unpaired) electrons. The summed E-state index contributed by atoms with van der Waals surface area (Å²) in [6.07, 6.45) is 2.66. The topological polar surface area (TPSA) is 21.3 Å². The zero-order valence-electron chi connectivity index (χ0n) is 13.0. The number of nitrogens with one attached hydrogen (secondary N) is 1. The van der Waals surface area contributed by atoms with Gasteiger partial charge in [0, 0.05) is 17.8 Å².